The van der Waals surface area contributed by atoms with Gasteiger partial charge in [0.2, 0.25) is 0 Å². The van der Waals surface area contributed by atoms with Gasteiger partial charge in [-0.1, -0.05) is 78.9 Å². The molecule has 9 aromatic carbocycles. The molecule has 654 valence electrons. The zero-order valence-corrected chi connectivity index (χ0v) is 71.6. The molecule has 18 rings (SSSR count). The van der Waals surface area contributed by atoms with E-state index in [1.807, 2.05) is 35.2 Å². The average molecular weight is 1680 g/mol. The summed E-state index contributed by atoms with van der Waals surface area (Å²) in [5.74, 6) is 4.90. The number of halogens is 3. The SMILES string of the molecule is COCCCN1CCCc2ccc(CO[C@H]3CNCC[C@@H]3c3ccc(OC4CN(c5ccccc5F)C4)cc3)cc21.COCCCN1CCOc2ccc(CO[C@H]3CNCC[C@@H]3c3ccc(OC4CN(c5ccc(F)cc5)C4)cc3)cc21.COCCCN1CCOc2ccc(CO[C@H]3CNCC[C@@H]3c3ccc(OC4CN(c5cccc(F)c5)C4)cc3)cc21. The van der Waals surface area contributed by atoms with Crippen LogP contribution in [0.25, 0.3) is 0 Å². The molecule has 9 aromatic rings. The van der Waals surface area contributed by atoms with Crippen molar-refractivity contribution in [1.29, 1.82) is 0 Å². The molecular weight excluding hydrogens is 1560 g/mol. The van der Waals surface area contributed by atoms with Gasteiger partial charge < -0.3 is 97.5 Å². The van der Waals surface area contributed by atoms with E-state index in [1.165, 1.54) is 64.2 Å². The van der Waals surface area contributed by atoms with Crippen LogP contribution in [0, 0.1) is 17.5 Å². The number of anilines is 6. The number of ether oxygens (including phenoxy) is 11. The topological polar surface area (TPSA) is 157 Å². The number of para-hydroxylation sites is 1. The number of hydrogen-bond donors (Lipinski definition) is 3. The van der Waals surface area contributed by atoms with Gasteiger partial charge in [0.1, 0.15) is 77.7 Å². The predicted octanol–water partition coefficient (Wildman–Crippen LogP) is 15.5. The number of methoxy groups -OCH3 is 3. The fourth-order valence-electron chi connectivity index (χ4n) is 18.4. The summed E-state index contributed by atoms with van der Waals surface area (Å²) in [6.07, 6.45) is 9.11. The fraction of sp³-hybridized carbons (Fsp3) is 0.460. The zero-order valence-electron chi connectivity index (χ0n) is 71.6. The number of benzene rings is 9. The first-order valence-corrected chi connectivity index (χ1v) is 44.6. The number of aryl methyl sites for hydroxylation is 1. The highest BCUT2D eigenvalue weighted by Gasteiger charge is 2.36. The van der Waals surface area contributed by atoms with Gasteiger partial charge in [0, 0.05) is 122 Å². The molecule has 3 N–H and O–H groups in total. The Hall–Kier alpha value is -9.79. The van der Waals surface area contributed by atoms with E-state index in [0.717, 1.165) is 232 Å². The van der Waals surface area contributed by atoms with Gasteiger partial charge in [0.05, 0.1) is 108 Å². The number of fused-ring (bicyclic) bond motifs is 3. The molecule has 0 saturated carbocycles. The number of nitrogens with zero attached hydrogens (tertiary/aromatic N) is 6. The Labute approximate surface area is 724 Å². The van der Waals surface area contributed by atoms with E-state index in [4.69, 9.17) is 52.1 Å². The first kappa shape index (κ1) is 86.7. The van der Waals surface area contributed by atoms with Gasteiger partial charge in [0.25, 0.3) is 0 Å². The lowest BCUT2D eigenvalue weighted by molar-refractivity contribution is 0.0105. The molecule has 0 spiro atoms. The van der Waals surface area contributed by atoms with E-state index in [2.05, 4.69) is 168 Å². The van der Waals surface area contributed by atoms with Crippen LogP contribution in [-0.2, 0) is 54.7 Å². The molecule has 0 aromatic heterocycles. The summed E-state index contributed by atoms with van der Waals surface area (Å²) in [5.41, 5.74) is 15.1. The maximum atomic E-state index is 14.1. The van der Waals surface area contributed by atoms with E-state index in [1.54, 1.807) is 39.5 Å². The summed E-state index contributed by atoms with van der Waals surface area (Å²) in [6, 6.07) is 65.5. The quantitative estimate of drug-likeness (QED) is 0.0333. The molecule has 0 aliphatic carbocycles. The first-order valence-electron chi connectivity index (χ1n) is 44.6. The first-order chi connectivity index (χ1) is 60.5. The lowest BCUT2D eigenvalue weighted by Crippen LogP contribution is -2.54. The second-order valence-corrected chi connectivity index (χ2v) is 33.8. The lowest BCUT2D eigenvalue weighted by Gasteiger charge is -2.40. The van der Waals surface area contributed by atoms with E-state index >= 15 is 0 Å². The van der Waals surface area contributed by atoms with Gasteiger partial charge in [-0.15, -0.1) is 0 Å². The fourth-order valence-corrected chi connectivity index (χ4v) is 18.4. The van der Waals surface area contributed by atoms with Gasteiger partial charge in [-0.3, -0.25) is 0 Å². The minimum absolute atomic E-state index is 0.0722. The maximum absolute atomic E-state index is 14.1. The monoisotopic (exact) mass is 1680 g/mol. The largest absolute Gasteiger partial charge is 0.490 e. The highest BCUT2D eigenvalue weighted by Crippen LogP contribution is 2.40. The Morgan fingerprint density at radius 3 is 1.25 bits per heavy atom. The Morgan fingerprint density at radius 2 is 0.805 bits per heavy atom. The van der Waals surface area contributed by atoms with Crippen LogP contribution in [0.3, 0.4) is 0 Å². The van der Waals surface area contributed by atoms with Crippen molar-refractivity contribution in [1.82, 2.24) is 16.0 Å². The van der Waals surface area contributed by atoms with Gasteiger partial charge in [-0.2, -0.15) is 0 Å². The van der Waals surface area contributed by atoms with Crippen LogP contribution in [-0.4, -0.2) is 209 Å². The van der Waals surface area contributed by atoms with Crippen LogP contribution < -0.4 is 69.0 Å². The highest BCUT2D eigenvalue weighted by molar-refractivity contribution is 5.63. The van der Waals surface area contributed by atoms with E-state index in [-0.39, 0.29) is 54.1 Å². The van der Waals surface area contributed by atoms with Crippen LogP contribution in [0.15, 0.2) is 200 Å². The molecule has 0 unspecified atom stereocenters. The van der Waals surface area contributed by atoms with Crippen molar-refractivity contribution in [2.75, 3.05) is 202 Å². The smallest absolute Gasteiger partial charge is 0.146 e. The van der Waals surface area contributed by atoms with Gasteiger partial charge >= 0.3 is 0 Å². The summed E-state index contributed by atoms with van der Waals surface area (Å²) in [4.78, 5) is 13.6. The van der Waals surface area contributed by atoms with Crippen LogP contribution in [0.4, 0.5) is 47.3 Å². The van der Waals surface area contributed by atoms with Crippen LogP contribution in [0.5, 0.6) is 28.7 Å². The molecule has 9 heterocycles. The number of piperidine rings is 3. The number of rotatable bonds is 33. The molecule has 0 radical (unpaired) electrons. The van der Waals surface area contributed by atoms with Crippen LogP contribution >= 0.6 is 0 Å². The minimum Gasteiger partial charge on any atom is -0.490 e. The molecule has 6 atom stereocenters. The normalized spacial score (nSPS) is 20.8. The molecule has 6 saturated heterocycles. The molecule has 0 bridgehead atoms. The molecule has 9 aliphatic rings. The van der Waals surface area contributed by atoms with Crippen molar-refractivity contribution in [3.05, 3.63) is 257 Å². The van der Waals surface area contributed by atoms with Crippen LogP contribution in [0.2, 0.25) is 0 Å². The summed E-state index contributed by atoms with van der Waals surface area (Å²) in [5, 5.41) is 10.6. The molecule has 9 aliphatic heterocycles. The zero-order chi connectivity index (χ0) is 84.1. The molecular formula is C100H122F3N9O11. The lowest BCUT2D eigenvalue weighted by atomic mass is 9.87. The van der Waals surface area contributed by atoms with E-state index < -0.39 is 0 Å². The third-order valence-corrected chi connectivity index (χ3v) is 25.3. The third kappa shape index (κ3) is 23.0. The summed E-state index contributed by atoms with van der Waals surface area (Å²) < 4.78 is 107. The van der Waals surface area contributed by atoms with Crippen molar-refractivity contribution in [3.63, 3.8) is 0 Å². The Bertz CT molecular complexity index is 4770. The summed E-state index contributed by atoms with van der Waals surface area (Å²) >= 11 is 0. The van der Waals surface area contributed by atoms with E-state index in [9.17, 15) is 13.2 Å². The molecule has 123 heavy (non-hydrogen) atoms. The summed E-state index contributed by atoms with van der Waals surface area (Å²) in [6.45, 7) is 21.3. The Kier molecular flexibility index (Phi) is 30.5. The van der Waals surface area contributed by atoms with Crippen molar-refractivity contribution in [2.24, 2.45) is 0 Å². The van der Waals surface area contributed by atoms with Crippen molar-refractivity contribution in [2.45, 2.75) is 126 Å². The standard InChI is InChI=1S/C34H42FN3O3.2C33H40FN3O4/c1-39-19-5-18-37-17-4-6-27-10-9-25(20-33(27)37)24-40-34-21-36-16-15-30(34)26-11-13-28(14-12-26)41-29-22-38(23-29)32-8-3-2-7-31(32)35;1-38-17-2-15-36-16-18-39-32-12-3-24(19-31(32)36)23-40-33-20-35-14-13-30(33)25-4-10-28(11-5-25)41-29-21-37(22-29)27-8-6-26(34)7-9-27;1-38-16-3-14-36-15-17-39-32-11-6-24(18-31(32)36)23-40-33-20-35-13-12-30(33)25-7-9-28(10-8-25)41-29-21-37(22-29)27-5-2-4-26(34)19-27/h2-3,7-14,20,29-30,34,36H,4-6,15-19,21-24H2,1H3;3-12,19,29-30,33,35H,2,13-18,20-23H2,1H3;2,4-11,18-19,29-30,33,35H,3,12-17,20-23H2,1H3/t30-,34+;2*30-,33+/m111/s1. The summed E-state index contributed by atoms with van der Waals surface area (Å²) in [7, 11) is 5.27. The maximum Gasteiger partial charge on any atom is 0.146 e. The van der Waals surface area contributed by atoms with E-state index in [0.29, 0.717) is 69.6 Å². The number of hydrogen-bond acceptors (Lipinski definition) is 20. The number of nitrogens with one attached hydrogen (secondary N) is 3. The second kappa shape index (κ2) is 43.2. The second-order valence-electron chi connectivity index (χ2n) is 33.8. The van der Waals surface area contributed by atoms with Crippen molar-refractivity contribution in [3.8, 4) is 28.7 Å². The highest BCUT2D eigenvalue weighted by atomic mass is 19.1. The average Bonchev–Trinajstić information content (AvgIpc) is 0.899. The Morgan fingerprint density at radius 1 is 0.382 bits per heavy atom. The van der Waals surface area contributed by atoms with Crippen LogP contribution in [0.1, 0.15) is 102 Å². The molecule has 23 heteroatoms. The molecule has 6 fully saturated rings. The van der Waals surface area contributed by atoms with Gasteiger partial charge in [0.15, 0.2) is 0 Å². The molecule has 20 nitrogen and oxygen atoms in total. The minimum atomic E-state index is -0.210. The Balaban J connectivity index is 0.000000137. The third-order valence-electron chi connectivity index (χ3n) is 25.3. The van der Waals surface area contributed by atoms with Crippen molar-refractivity contribution < 1.29 is 65.3 Å². The van der Waals surface area contributed by atoms with Gasteiger partial charge in [-0.25, -0.2) is 13.2 Å². The predicted molar refractivity (Wildman–Crippen MR) is 480 cm³/mol. The van der Waals surface area contributed by atoms with Crippen molar-refractivity contribution >= 4 is 34.1 Å². The molecule has 0 amide bonds. The van der Waals surface area contributed by atoms with Gasteiger partial charge in [-0.05, 0) is 231 Å².